The molecule has 2 heterocycles. The Morgan fingerprint density at radius 3 is 2.67 bits per heavy atom. The van der Waals surface area contributed by atoms with E-state index in [0.717, 1.165) is 0 Å². The maximum absolute atomic E-state index is 12.3. The zero-order valence-electron chi connectivity index (χ0n) is 12.6. The van der Waals surface area contributed by atoms with E-state index >= 15 is 0 Å². The maximum Gasteiger partial charge on any atom is 0.334 e. The molecule has 0 amide bonds. The summed E-state index contributed by atoms with van der Waals surface area (Å²) in [6.07, 6.45) is 1.43. The molecule has 0 bridgehead atoms. The number of aromatic nitrogens is 1. The van der Waals surface area contributed by atoms with Crippen molar-refractivity contribution in [2.75, 3.05) is 5.32 Å². The van der Waals surface area contributed by atoms with Crippen LogP contribution in [0.1, 0.15) is 24.0 Å². The van der Waals surface area contributed by atoms with Crippen molar-refractivity contribution in [1.82, 2.24) is 4.98 Å². The molecule has 1 aromatic carbocycles. The first-order chi connectivity index (χ1) is 11.4. The number of fused-ring (bicyclic) bond motifs is 1. The molecule has 0 fully saturated rings. The molecule has 1 atom stereocenters. The smallest absolute Gasteiger partial charge is 0.334 e. The van der Waals surface area contributed by atoms with Crippen molar-refractivity contribution in [3.05, 3.63) is 79.4 Å². The summed E-state index contributed by atoms with van der Waals surface area (Å²) in [5, 5.41) is 23.9. The fourth-order valence-electron chi connectivity index (χ4n) is 3.01. The van der Waals surface area contributed by atoms with Crippen LogP contribution in [0, 0.1) is 10.1 Å². The Hall–Kier alpha value is -3.42. The van der Waals surface area contributed by atoms with Gasteiger partial charge in [0.05, 0.1) is 22.0 Å². The van der Waals surface area contributed by atoms with Crippen molar-refractivity contribution in [1.29, 1.82) is 0 Å². The number of nitrogens with zero attached hydrogens (tertiary/aromatic N) is 1. The van der Waals surface area contributed by atoms with Crippen molar-refractivity contribution in [3.8, 4) is 0 Å². The number of para-hydroxylation sites is 1. The van der Waals surface area contributed by atoms with Gasteiger partial charge in [-0.2, -0.15) is 0 Å². The second kappa shape index (κ2) is 5.65. The number of nitro benzene ring substituents is 1. The molecule has 0 spiro atoms. The van der Waals surface area contributed by atoms with Crippen LogP contribution in [0.5, 0.6) is 0 Å². The molecular formula is C16H13N3O5. The molecule has 1 aliphatic rings. The number of carboxylic acid groups (broad SMARTS) is 1. The Morgan fingerprint density at radius 2 is 2.00 bits per heavy atom. The van der Waals surface area contributed by atoms with Crippen LogP contribution in [0.15, 0.2) is 52.6 Å². The van der Waals surface area contributed by atoms with E-state index in [-0.39, 0.29) is 22.4 Å². The number of benzene rings is 1. The van der Waals surface area contributed by atoms with Gasteiger partial charge in [-0.3, -0.25) is 14.9 Å². The van der Waals surface area contributed by atoms with Gasteiger partial charge in [-0.05, 0) is 13.0 Å². The van der Waals surface area contributed by atoms with Crippen molar-refractivity contribution >= 4 is 17.3 Å². The van der Waals surface area contributed by atoms with Crippen LogP contribution >= 0.6 is 0 Å². The average Bonchev–Trinajstić information content (AvgIpc) is 2.53. The summed E-state index contributed by atoms with van der Waals surface area (Å²) in [5.74, 6) is -2.28. The summed E-state index contributed by atoms with van der Waals surface area (Å²) < 4.78 is 0. The molecule has 8 nitrogen and oxygen atoms in total. The summed E-state index contributed by atoms with van der Waals surface area (Å²) in [6.45, 7) is 1.56. The minimum absolute atomic E-state index is 0.0894. The number of carboxylic acids is 1. The topological polar surface area (TPSA) is 125 Å². The molecule has 2 aromatic rings. The number of carbonyl (C=O) groups is 1. The van der Waals surface area contributed by atoms with E-state index in [2.05, 4.69) is 10.3 Å². The quantitative estimate of drug-likeness (QED) is 0.586. The number of hydrogen-bond donors (Lipinski definition) is 3. The van der Waals surface area contributed by atoms with Crippen LogP contribution < -0.4 is 10.9 Å². The third kappa shape index (κ3) is 2.34. The van der Waals surface area contributed by atoms with Crippen LogP contribution in [0.3, 0.4) is 0 Å². The number of hydrogen-bond acceptors (Lipinski definition) is 5. The number of anilines is 1. The normalized spacial score (nSPS) is 16.3. The van der Waals surface area contributed by atoms with E-state index in [0.29, 0.717) is 11.4 Å². The lowest BCUT2D eigenvalue weighted by atomic mass is 9.80. The van der Waals surface area contributed by atoms with E-state index < -0.39 is 22.4 Å². The largest absolute Gasteiger partial charge is 0.478 e. The van der Waals surface area contributed by atoms with E-state index in [1.807, 2.05) is 0 Å². The standard InChI is InChI=1S/C16H13N3O5/c1-8-12(16(21)22)13(9-4-2-3-5-11(9)19(23)24)14-10(18-8)6-7-17-15(14)20/h2-7,13,18H,1H3,(H,17,20)(H,21,22). The number of pyridine rings is 1. The summed E-state index contributed by atoms with van der Waals surface area (Å²) in [7, 11) is 0. The van der Waals surface area contributed by atoms with Gasteiger partial charge >= 0.3 is 5.97 Å². The van der Waals surface area contributed by atoms with Crippen LogP contribution in [0.2, 0.25) is 0 Å². The van der Waals surface area contributed by atoms with E-state index in [4.69, 9.17) is 0 Å². The highest BCUT2D eigenvalue weighted by Crippen LogP contribution is 2.42. The summed E-state index contributed by atoms with van der Waals surface area (Å²) >= 11 is 0. The first kappa shape index (κ1) is 15.5. The number of aromatic amines is 1. The second-order valence-electron chi connectivity index (χ2n) is 5.35. The number of nitrogens with one attached hydrogen (secondary N) is 2. The van der Waals surface area contributed by atoms with Crippen molar-refractivity contribution in [2.45, 2.75) is 12.8 Å². The summed E-state index contributed by atoms with van der Waals surface area (Å²) in [4.78, 5) is 37.4. The van der Waals surface area contributed by atoms with Crippen molar-refractivity contribution in [3.63, 3.8) is 0 Å². The lowest BCUT2D eigenvalue weighted by Crippen LogP contribution is -2.29. The van der Waals surface area contributed by atoms with Gasteiger partial charge < -0.3 is 15.4 Å². The second-order valence-corrected chi connectivity index (χ2v) is 5.35. The molecule has 1 aliphatic heterocycles. The van der Waals surface area contributed by atoms with Crippen LogP contribution in [-0.4, -0.2) is 21.0 Å². The average molecular weight is 327 g/mol. The van der Waals surface area contributed by atoms with Crippen LogP contribution in [-0.2, 0) is 4.79 Å². The molecule has 24 heavy (non-hydrogen) atoms. The molecule has 0 aliphatic carbocycles. The Labute approximate surface area is 135 Å². The molecule has 1 aromatic heterocycles. The zero-order chi connectivity index (χ0) is 17.4. The highest BCUT2D eigenvalue weighted by molar-refractivity contribution is 5.93. The van der Waals surface area contributed by atoms with Gasteiger partial charge in [0, 0.05) is 29.2 Å². The van der Waals surface area contributed by atoms with Crippen LogP contribution in [0.25, 0.3) is 0 Å². The number of allylic oxidation sites excluding steroid dienone is 1. The van der Waals surface area contributed by atoms with E-state index in [1.54, 1.807) is 19.1 Å². The molecule has 0 radical (unpaired) electrons. The molecule has 0 saturated heterocycles. The Kier molecular flexibility index (Phi) is 3.64. The monoisotopic (exact) mass is 327 g/mol. The van der Waals surface area contributed by atoms with Gasteiger partial charge in [0.1, 0.15) is 0 Å². The fraction of sp³-hybridized carbons (Fsp3) is 0.125. The van der Waals surface area contributed by atoms with Gasteiger partial charge in [-0.1, -0.05) is 18.2 Å². The first-order valence-corrected chi connectivity index (χ1v) is 7.07. The number of aliphatic carboxylic acids is 1. The lowest BCUT2D eigenvalue weighted by molar-refractivity contribution is -0.385. The minimum Gasteiger partial charge on any atom is -0.478 e. The van der Waals surface area contributed by atoms with Gasteiger partial charge in [-0.25, -0.2) is 4.79 Å². The molecule has 1 unspecified atom stereocenters. The number of rotatable bonds is 3. The first-order valence-electron chi connectivity index (χ1n) is 7.07. The highest BCUT2D eigenvalue weighted by Gasteiger charge is 2.37. The molecule has 3 N–H and O–H groups in total. The molecule has 8 heteroatoms. The van der Waals surface area contributed by atoms with Gasteiger partial charge in [0.15, 0.2) is 0 Å². The number of nitro groups is 1. The summed E-state index contributed by atoms with van der Waals surface area (Å²) in [6, 6.07) is 7.44. The van der Waals surface area contributed by atoms with Gasteiger partial charge in [0.2, 0.25) is 0 Å². The minimum atomic E-state index is -1.24. The predicted molar refractivity (Wildman–Crippen MR) is 86.0 cm³/mol. The SMILES string of the molecule is CC1=C(C(=O)O)C(c2ccccc2[N+](=O)[O-])c2c(cc[nH]c2=O)N1. The van der Waals surface area contributed by atoms with Crippen LogP contribution in [0.4, 0.5) is 11.4 Å². The third-order valence-electron chi connectivity index (χ3n) is 3.98. The maximum atomic E-state index is 12.3. The van der Waals surface area contributed by atoms with Crippen molar-refractivity contribution < 1.29 is 14.8 Å². The fourth-order valence-corrected chi connectivity index (χ4v) is 3.01. The highest BCUT2D eigenvalue weighted by atomic mass is 16.6. The lowest BCUT2D eigenvalue weighted by Gasteiger charge is -2.28. The third-order valence-corrected chi connectivity index (χ3v) is 3.98. The van der Waals surface area contributed by atoms with Crippen molar-refractivity contribution in [2.24, 2.45) is 0 Å². The molecule has 0 saturated carbocycles. The van der Waals surface area contributed by atoms with Gasteiger partial charge in [0.25, 0.3) is 11.2 Å². The zero-order valence-corrected chi connectivity index (χ0v) is 12.6. The Bertz CT molecular complexity index is 945. The summed E-state index contributed by atoms with van der Waals surface area (Å²) in [5.41, 5.74) is 0.273. The Morgan fingerprint density at radius 1 is 1.29 bits per heavy atom. The number of H-pyrrole nitrogens is 1. The molecular weight excluding hydrogens is 314 g/mol. The molecule has 122 valence electrons. The Balaban J connectivity index is 2.38. The van der Waals surface area contributed by atoms with E-state index in [1.165, 1.54) is 24.4 Å². The molecule has 3 rings (SSSR count). The predicted octanol–water partition coefficient (Wildman–Crippen LogP) is 2.20. The van der Waals surface area contributed by atoms with E-state index in [9.17, 15) is 24.8 Å². The van der Waals surface area contributed by atoms with Gasteiger partial charge in [-0.15, -0.1) is 0 Å².